The van der Waals surface area contributed by atoms with Crippen LogP contribution in [0, 0.1) is 0 Å². The Hall–Kier alpha value is -0.480. The minimum Gasteiger partial charge on any atom is -0.398 e. The highest BCUT2D eigenvalue weighted by Crippen LogP contribution is 2.25. The van der Waals surface area contributed by atoms with Crippen molar-refractivity contribution in [2.24, 2.45) is 5.73 Å². The first-order valence-corrected chi connectivity index (χ1v) is 4.92. The van der Waals surface area contributed by atoms with Crippen LogP contribution in [0.25, 0.3) is 0 Å². The molecule has 0 fully saturated rings. The SMILES string of the molecule is CC[C@H](O)[C@H](N)c1cc(Cl)ccc1N.Cl. The second kappa shape index (κ2) is 6.18. The molecule has 0 unspecified atom stereocenters. The largest absolute Gasteiger partial charge is 0.398 e. The molecule has 0 heterocycles. The third-order valence-corrected chi connectivity index (χ3v) is 2.48. The molecule has 15 heavy (non-hydrogen) atoms. The van der Waals surface area contributed by atoms with Gasteiger partial charge in [-0.3, -0.25) is 0 Å². The summed E-state index contributed by atoms with van der Waals surface area (Å²) in [6.45, 7) is 1.87. The van der Waals surface area contributed by atoms with Crippen molar-refractivity contribution < 1.29 is 5.11 Å². The maximum absolute atomic E-state index is 9.57. The Morgan fingerprint density at radius 1 is 1.47 bits per heavy atom. The molecule has 0 radical (unpaired) electrons. The number of halogens is 2. The highest BCUT2D eigenvalue weighted by Gasteiger charge is 2.17. The fourth-order valence-electron chi connectivity index (χ4n) is 1.30. The van der Waals surface area contributed by atoms with E-state index in [1.165, 1.54) is 0 Å². The van der Waals surface area contributed by atoms with Gasteiger partial charge in [0, 0.05) is 10.7 Å². The summed E-state index contributed by atoms with van der Waals surface area (Å²) in [7, 11) is 0. The van der Waals surface area contributed by atoms with Gasteiger partial charge in [0.05, 0.1) is 12.1 Å². The Balaban J connectivity index is 0.00000196. The lowest BCUT2D eigenvalue weighted by molar-refractivity contribution is 0.141. The van der Waals surface area contributed by atoms with Crippen LogP contribution in [0.5, 0.6) is 0 Å². The van der Waals surface area contributed by atoms with Crippen LogP contribution in [-0.2, 0) is 0 Å². The van der Waals surface area contributed by atoms with Crippen LogP contribution >= 0.6 is 24.0 Å². The second-order valence-corrected chi connectivity index (χ2v) is 3.71. The molecular weight excluding hydrogens is 235 g/mol. The van der Waals surface area contributed by atoms with E-state index in [0.717, 1.165) is 0 Å². The van der Waals surface area contributed by atoms with Gasteiger partial charge in [0.1, 0.15) is 0 Å². The molecule has 5 heteroatoms. The summed E-state index contributed by atoms with van der Waals surface area (Å²) < 4.78 is 0. The zero-order valence-electron chi connectivity index (χ0n) is 8.48. The Morgan fingerprint density at radius 3 is 2.60 bits per heavy atom. The van der Waals surface area contributed by atoms with E-state index < -0.39 is 12.1 Å². The zero-order chi connectivity index (χ0) is 10.7. The van der Waals surface area contributed by atoms with Crippen molar-refractivity contribution in [3.8, 4) is 0 Å². The molecule has 0 saturated heterocycles. The summed E-state index contributed by atoms with van der Waals surface area (Å²) in [6, 6.07) is 4.62. The number of anilines is 1. The van der Waals surface area contributed by atoms with Crippen molar-refractivity contribution in [1.82, 2.24) is 0 Å². The van der Waals surface area contributed by atoms with Crippen molar-refractivity contribution in [2.75, 3.05) is 5.73 Å². The molecule has 0 aliphatic heterocycles. The lowest BCUT2D eigenvalue weighted by atomic mass is 9.99. The van der Waals surface area contributed by atoms with E-state index in [9.17, 15) is 5.11 Å². The van der Waals surface area contributed by atoms with Gasteiger partial charge in [0.2, 0.25) is 0 Å². The molecule has 1 aromatic carbocycles. The number of aliphatic hydroxyl groups excluding tert-OH is 1. The van der Waals surface area contributed by atoms with Crippen molar-refractivity contribution >= 4 is 29.7 Å². The van der Waals surface area contributed by atoms with Crippen LogP contribution in [0.1, 0.15) is 24.9 Å². The van der Waals surface area contributed by atoms with E-state index in [-0.39, 0.29) is 12.4 Å². The van der Waals surface area contributed by atoms with Gasteiger partial charge in [-0.2, -0.15) is 0 Å². The average molecular weight is 251 g/mol. The summed E-state index contributed by atoms with van der Waals surface area (Å²) in [5.74, 6) is 0. The quantitative estimate of drug-likeness (QED) is 0.720. The summed E-state index contributed by atoms with van der Waals surface area (Å²) >= 11 is 5.82. The monoisotopic (exact) mass is 250 g/mol. The molecule has 3 nitrogen and oxygen atoms in total. The van der Waals surface area contributed by atoms with Crippen molar-refractivity contribution in [3.63, 3.8) is 0 Å². The maximum atomic E-state index is 9.57. The van der Waals surface area contributed by atoms with Crippen LogP contribution in [-0.4, -0.2) is 11.2 Å². The topological polar surface area (TPSA) is 72.3 Å². The van der Waals surface area contributed by atoms with E-state index >= 15 is 0 Å². The number of benzene rings is 1. The van der Waals surface area contributed by atoms with Gasteiger partial charge in [0.15, 0.2) is 0 Å². The van der Waals surface area contributed by atoms with Gasteiger partial charge in [0.25, 0.3) is 0 Å². The Morgan fingerprint density at radius 2 is 2.07 bits per heavy atom. The first-order chi connectivity index (χ1) is 6.56. The number of aliphatic hydroxyl groups is 1. The summed E-state index contributed by atoms with van der Waals surface area (Å²) in [6.07, 6.45) is 0.00314. The Kier molecular flexibility index (Phi) is 5.98. The van der Waals surface area contributed by atoms with E-state index in [0.29, 0.717) is 22.7 Å². The van der Waals surface area contributed by atoms with Gasteiger partial charge in [-0.1, -0.05) is 18.5 Å². The Labute approximate surface area is 101 Å². The van der Waals surface area contributed by atoms with Gasteiger partial charge in [-0.15, -0.1) is 12.4 Å². The highest BCUT2D eigenvalue weighted by molar-refractivity contribution is 6.30. The number of nitrogens with two attached hydrogens (primary N) is 2. The van der Waals surface area contributed by atoms with Crippen LogP contribution < -0.4 is 11.5 Å². The predicted octanol–water partition coefficient (Wildman–Crippen LogP) is 2.11. The minimum absolute atomic E-state index is 0. The van der Waals surface area contributed by atoms with Crippen LogP contribution in [0.4, 0.5) is 5.69 Å². The normalized spacial score (nSPS) is 14.1. The smallest absolute Gasteiger partial charge is 0.0731 e. The lowest BCUT2D eigenvalue weighted by Gasteiger charge is -2.19. The number of rotatable bonds is 3. The summed E-state index contributed by atoms with van der Waals surface area (Å²) in [5.41, 5.74) is 12.8. The van der Waals surface area contributed by atoms with E-state index in [4.69, 9.17) is 23.1 Å². The first kappa shape index (κ1) is 14.5. The molecule has 0 saturated carbocycles. The van der Waals surface area contributed by atoms with E-state index in [1.807, 2.05) is 6.92 Å². The third kappa shape index (κ3) is 3.54. The number of nitrogen functional groups attached to an aromatic ring is 1. The van der Waals surface area contributed by atoms with Crippen LogP contribution in [0.2, 0.25) is 5.02 Å². The molecule has 0 bridgehead atoms. The van der Waals surface area contributed by atoms with Crippen molar-refractivity contribution in [2.45, 2.75) is 25.5 Å². The van der Waals surface area contributed by atoms with Gasteiger partial charge >= 0.3 is 0 Å². The minimum atomic E-state index is -0.587. The van der Waals surface area contributed by atoms with E-state index in [1.54, 1.807) is 18.2 Å². The van der Waals surface area contributed by atoms with E-state index in [2.05, 4.69) is 0 Å². The third-order valence-electron chi connectivity index (χ3n) is 2.24. The molecule has 1 aromatic rings. The van der Waals surface area contributed by atoms with Crippen LogP contribution in [0.3, 0.4) is 0 Å². The summed E-state index contributed by atoms with van der Waals surface area (Å²) in [5, 5.41) is 10.1. The van der Waals surface area contributed by atoms with Gasteiger partial charge in [-0.25, -0.2) is 0 Å². The zero-order valence-corrected chi connectivity index (χ0v) is 10.1. The molecule has 0 aliphatic carbocycles. The standard InChI is InChI=1S/C10H15ClN2O.ClH/c1-2-9(14)10(13)7-5-6(11)3-4-8(7)12;/h3-5,9-10,14H,2,12-13H2,1H3;1H/t9-,10+;/m0./s1. The predicted molar refractivity (Wildman–Crippen MR) is 66.3 cm³/mol. The van der Waals surface area contributed by atoms with Gasteiger partial charge < -0.3 is 16.6 Å². The molecule has 86 valence electrons. The average Bonchev–Trinajstić information content (AvgIpc) is 2.19. The fraction of sp³-hybridized carbons (Fsp3) is 0.400. The van der Waals surface area contributed by atoms with Crippen molar-refractivity contribution in [1.29, 1.82) is 0 Å². The van der Waals surface area contributed by atoms with Crippen molar-refractivity contribution in [3.05, 3.63) is 28.8 Å². The molecule has 1 rings (SSSR count). The second-order valence-electron chi connectivity index (χ2n) is 3.27. The number of hydrogen-bond acceptors (Lipinski definition) is 3. The molecule has 0 amide bonds. The number of hydrogen-bond donors (Lipinski definition) is 3. The highest BCUT2D eigenvalue weighted by atomic mass is 35.5. The lowest BCUT2D eigenvalue weighted by Crippen LogP contribution is -2.26. The molecular formula is C10H16Cl2N2O. The molecule has 5 N–H and O–H groups in total. The molecule has 0 aliphatic rings. The fourth-order valence-corrected chi connectivity index (χ4v) is 1.48. The summed E-state index contributed by atoms with van der Waals surface area (Å²) in [4.78, 5) is 0. The molecule has 0 spiro atoms. The van der Waals surface area contributed by atoms with Crippen LogP contribution in [0.15, 0.2) is 18.2 Å². The Bertz CT molecular complexity index is 320. The maximum Gasteiger partial charge on any atom is 0.0731 e. The van der Waals surface area contributed by atoms with Gasteiger partial charge in [-0.05, 0) is 30.2 Å². The molecule has 0 aromatic heterocycles. The molecule has 2 atom stereocenters. The first-order valence-electron chi connectivity index (χ1n) is 4.54.